The van der Waals surface area contributed by atoms with Gasteiger partial charge in [0.05, 0.1) is 6.10 Å². The molecule has 2 atom stereocenters. The molecule has 0 amide bonds. The van der Waals surface area contributed by atoms with Crippen molar-refractivity contribution in [2.45, 2.75) is 52.2 Å². The van der Waals surface area contributed by atoms with E-state index in [1.165, 1.54) is 0 Å². The lowest BCUT2D eigenvalue weighted by molar-refractivity contribution is -0.150. The number of hydrogen-bond donors (Lipinski definition) is 1. The number of aliphatic hydroxyl groups excluding tert-OH is 1. The molecular formula is C9H18O3. The molecule has 0 aromatic carbocycles. The van der Waals surface area contributed by atoms with Crippen LogP contribution in [0.4, 0.5) is 0 Å². The summed E-state index contributed by atoms with van der Waals surface area (Å²) < 4.78 is 5.06. The number of ether oxygens (including phenoxy) is 1. The molecular weight excluding hydrogens is 156 g/mol. The summed E-state index contributed by atoms with van der Waals surface area (Å²) in [6, 6.07) is 0. The van der Waals surface area contributed by atoms with Crippen molar-refractivity contribution >= 4 is 5.97 Å². The lowest BCUT2D eigenvalue weighted by Gasteiger charge is -2.16. The number of esters is 1. The Bertz CT molecular complexity index is 132. The van der Waals surface area contributed by atoms with Crippen molar-refractivity contribution in [2.24, 2.45) is 0 Å². The third-order valence-corrected chi connectivity index (χ3v) is 1.65. The quantitative estimate of drug-likeness (QED) is 0.642. The number of aliphatic hydroxyl groups is 1. The van der Waals surface area contributed by atoms with Crippen molar-refractivity contribution in [1.82, 2.24) is 0 Å². The van der Waals surface area contributed by atoms with Gasteiger partial charge in [-0.1, -0.05) is 13.8 Å². The Morgan fingerprint density at radius 3 is 2.42 bits per heavy atom. The molecule has 3 nitrogen and oxygen atoms in total. The van der Waals surface area contributed by atoms with E-state index in [0.29, 0.717) is 12.8 Å². The SMILES string of the molecule is CCC(=O)O[C@@H](CC)C[C@H](C)O. The summed E-state index contributed by atoms with van der Waals surface area (Å²) in [7, 11) is 0. The minimum Gasteiger partial charge on any atom is -0.462 e. The molecule has 0 saturated carbocycles. The maximum absolute atomic E-state index is 10.9. The predicted molar refractivity (Wildman–Crippen MR) is 46.8 cm³/mol. The number of rotatable bonds is 5. The van der Waals surface area contributed by atoms with Crippen LogP contribution in [0.25, 0.3) is 0 Å². The zero-order chi connectivity index (χ0) is 9.56. The van der Waals surface area contributed by atoms with Crippen molar-refractivity contribution in [3.63, 3.8) is 0 Å². The molecule has 0 aliphatic heterocycles. The van der Waals surface area contributed by atoms with Gasteiger partial charge in [-0.2, -0.15) is 0 Å². The third kappa shape index (κ3) is 5.13. The molecule has 0 heterocycles. The highest BCUT2D eigenvalue weighted by Crippen LogP contribution is 2.07. The Morgan fingerprint density at radius 1 is 1.50 bits per heavy atom. The van der Waals surface area contributed by atoms with Gasteiger partial charge in [-0.25, -0.2) is 0 Å². The van der Waals surface area contributed by atoms with Gasteiger partial charge in [0.15, 0.2) is 0 Å². The molecule has 1 N–H and O–H groups in total. The minimum atomic E-state index is -0.403. The van der Waals surface area contributed by atoms with Gasteiger partial charge in [0.2, 0.25) is 0 Å². The van der Waals surface area contributed by atoms with E-state index < -0.39 is 6.10 Å². The van der Waals surface area contributed by atoms with Crippen molar-refractivity contribution in [2.75, 3.05) is 0 Å². The summed E-state index contributed by atoms with van der Waals surface area (Å²) in [4.78, 5) is 10.9. The van der Waals surface area contributed by atoms with Crippen molar-refractivity contribution < 1.29 is 14.6 Å². The van der Waals surface area contributed by atoms with Crippen LogP contribution in [-0.2, 0) is 9.53 Å². The summed E-state index contributed by atoms with van der Waals surface area (Å²) >= 11 is 0. The predicted octanol–water partition coefficient (Wildman–Crippen LogP) is 1.49. The van der Waals surface area contributed by atoms with Gasteiger partial charge in [-0.15, -0.1) is 0 Å². The molecule has 0 rings (SSSR count). The highest BCUT2D eigenvalue weighted by Gasteiger charge is 2.13. The Kier molecular flexibility index (Phi) is 5.72. The topological polar surface area (TPSA) is 46.5 Å². The second-order valence-electron chi connectivity index (χ2n) is 2.96. The van der Waals surface area contributed by atoms with Crippen molar-refractivity contribution in [3.05, 3.63) is 0 Å². The van der Waals surface area contributed by atoms with E-state index in [2.05, 4.69) is 0 Å². The zero-order valence-electron chi connectivity index (χ0n) is 8.04. The van der Waals surface area contributed by atoms with Crippen LogP contribution in [-0.4, -0.2) is 23.3 Å². The summed E-state index contributed by atoms with van der Waals surface area (Å²) in [5.41, 5.74) is 0. The first-order valence-corrected chi connectivity index (χ1v) is 4.47. The van der Waals surface area contributed by atoms with Crippen molar-refractivity contribution in [1.29, 1.82) is 0 Å². The molecule has 0 spiro atoms. The number of carbonyl (C=O) groups excluding carboxylic acids is 1. The summed E-state index contributed by atoms with van der Waals surface area (Å²) in [6.07, 6.45) is 1.16. The average molecular weight is 174 g/mol. The van der Waals surface area contributed by atoms with E-state index in [4.69, 9.17) is 9.84 Å². The van der Waals surface area contributed by atoms with Crippen LogP contribution >= 0.6 is 0 Å². The van der Waals surface area contributed by atoms with Gasteiger partial charge in [-0.3, -0.25) is 4.79 Å². The normalized spacial score (nSPS) is 15.3. The number of hydrogen-bond acceptors (Lipinski definition) is 3. The monoisotopic (exact) mass is 174 g/mol. The third-order valence-electron chi connectivity index (χ3n) is 1.65. The van der Waals surface area contributed by atoms with Crippen LogP contribution in [0.1, 0.15) is 40.0 Å². The molecule has 0 aromatic heterocycles. The Morgan fingerprint density at radius 2 is 2.08 bits per heavy atom. The second-order valence-corrected chi connectivity index (χ2v) is 2.96. The summed E-state index contributed by atoms with van der Waals surface area (Å²) in [5, 5.41) is 9.05. The van der Waals surface area contributed by atoms with Crippen LogP contribution in [0.15, 0.2) is 0 Å². The van der Waals surface area contributed by atoms with Crippen LogP contribution in [0.3, 0.4) is 0 Å². The zero-order valence-corrected chi connectivity index (χ0v) is 8.04. The average Bonchev–Trinajstić information content (AvgIpc) is 2.02. The first kappa shape index (κ1) is 11.4. The standard InChI is InChI=1S/C9H18O3/c1-4-8(6-7(3)10)12-9(11)5-2/h7-8,10H,4-6H2,1-3H3/t7-,8-/m0/s1. The molecule has 12 heavy (non-hydrogen) atoms. The van der Waals surface area contributed by atoms with E-state index in [1.54, 1.807) is 13.8 Å². The lowest BCUT2D eigenvalue weighted by atomic mass is 10.1. The molecule has 0 bridgehead atoms. The number of carbonyl (C=O) groups is 1. The molecule has 0 saturated heterocycles. The maximum Gasteiger partial charge on any atom is 0.305 e. The van der Waals surface area contributed by atoms with Gasteiger partial charge in [0.1, 0.15) is 6.10 Å². The van der Waals surface area contributed by atoms with Gasteiger partial charge in [-0.05, 0) is 13.3 Å². The van der Waals surface area contributed by atoms with E-state index in [1.807, 2.05) is 6.92 Å². The molecule has 0 aliphatic rings. The van der Waals surface area contributed by atoms with Crippen LogP contribution < -0.4 is 0 Å². The van der Waals surface area contributed by atoms with E-state index in [0.717, 1.165) is 6.42 Å². The summed E-state index contributed by atoms with van der Waals surface area (Å²) in [6.45, 7) is 5.40. The van der Waals surface area contributed by atoms with E-state index in [-0.39, 0.29) is 12.1 Å². The fourth-order valence-electron chi connectivity index (χ4n) is 0.948. The van der Waals surface area contributed by atoms with E-state index in [9.17, 15) is 4.79 Å². The Labute approximate surface area is 73.7 Å². The molecule has 0 fully saturated rings. The minimum absolute atomic E-state index is 0.127. The molecule has 3 heteroatoms. The second kappa shape index (κ2) is 6.00. The largest absolute Gasteiger partial charge is 0.462 e. The Hall–Kier alpha value is -0.570. The molecule has 0 aliphatic carbocycles. The summed E-state index contributed by atoms with van der Waals surface area (Å²) in [5.74, 6) is -0.192. The fourth-order valence-corrected chi connectivity index (χ4v) is 0.948. The lowest BCUT2D eigenvalue weighted by Crippen LogP contribution is -2.21. The smallest absolute Gasteiger partial charge is 0.305 e. The van der Waals surface area contributed by atoms with Gasteiger partial charge < -0.3 is 9.84 Å². The molecule has 0 radical (unpaired) electrons. The van der Waals surface area contributed by atoms with Gasteiger partial charge in [0, 0.05) is 12.8 Å². The first-order valence-electron chi connectivity index (χ1n) is 4.47. The van der Waals surface area contributed by atoms with Crippen LogP contribution in [0.5, 0.6) is 0 Å². The molecule has 0 unspecified atom stereocenters. The van der Waals surface area contributed by atoms with Crippen molar-refractivity contribution in [3.8, 4) is 0 Å². The Balaban J connectivity index is 3.74. The van der Waals surface area contributed by atoms with Gasteiger partial charge >= 0.3 is 5.97 Å². The highest BCUT2D eigenvalue weighted by atomic mass is 16.5. The first-order chi connectivity index (χ1) is 5.60. The highest BCUT2D eigenvalue weighted by molar-refractivity contribution is 5.69. The fraction of sp³-hybridized carbons (Fsp3) is 0.889. The molecule has 0 aromatic rings. The van der Waals surface area contributed by atoms with Crippen LogP contribution in [0, 0.1) is 0 Å². The van der Waals surface area contributed by atoms with Gasteiger partial charge in [0.25, 0.3) is 0 Å². The van der Waals surface area contributed by atoms with Crippen LogP contribution in [0.2, 0.25) is 0 Å². The van der Waals surface area contributed by atoms with E-state index >= 15 is 0 Å². The maximum atomic E-state index is 10.9. The molecule has 72 valence electrons.